The van der Waals surface area contributed by atoms with Crippen LogP contribution in [-0.4, -0.2) is 17.4 Å². The van der Waals surface area contributed by atoms with E-state index in [1.807, 2.05) is 11.8 Å². The number of hydrogen-bond donors (Lipinski definition) is 0. The maximum atomic E-state index is 3.94. The summed E-state index contributed by atoms with van der Waals surface area (Å²) in [5.74, 6) is 5.99. The summed E-state index contributed by atoms with van der Waals surface area (Å²) < 4.78 is 0. The van der Waals surface area contributed by atoms with Crippen molar-refractivity contribution in [2.75, 3.05) is 11.5 Å². The highest BCUT2D eigenvalue weighted by Crippen LogP contribution is 2.15. The summed E-state index contributed by atoms with van der Waals surface area (Å²) in [5, 5.41) is 0. The highest BCUT2D eigenvalue weighted by Gasteiger charge is 1.98. The first-order chi connectivity index (χ1) is 10.4. The lowest BCUT2D eigenvalue weighted by molar-refractivity contribution is 0.636. The third-order valence-corrected chi connectivity index (χ3v) is 4.54. The minimum Gasteiger partial charge on any atom is -0.158 e. The first-order valence-electron chi connectivity index (χ1n) is 8.57. The lowest BCUT2D eigenvalue weighted by Gasteiger charge is -2.08. The molecule has 0 bridgehead atoms. The smallest absolute Gasteiger partial charge is 0.0142 e. The molecular weight excluding hydrogens is 304 g/mol. The Bertz CT molecular complexity index is 271. The molecule has 0 spiro atoms. The lowest BCUT2D eigenvalue weighted by atomic mass is 9.98. The Balaban J connectivity index is -0.000000251. The molecule has 0 aromatic carbocycles. The quantitative estimate of drug-likeness (QED) is 0.355. The SMILES string of the molecule is C1CC1.C=C(CC)C(C)CC.C=S.CCSCC(C)=C(C)C. The molecule has 1 atom stereocenters. The van der Waals surface area contributed by atoms with Crippen LogP contribution in [0.4, 0.5) is 0 Å². The maximum absolute atomic E-state index is 3.94. The van der Waals surface area contributed by atoms with Crippen molar-refractivity contribution in [2.24, 2.45) is 5.92 Å². The van der Waals surface area contributed by atoms with Gasteiger partial charge in [-0.25, -0.2) is 0 Å². The standard InChI is InChI=1S/C8H16S.C8H16.C3H6.CH2S/c1-5-9-6-8(4)7(2)3;1-5-7(3)8(4)6-2;1-2-3-1;1-2/h5-6H2,1-4H3;8H,3,5-6H2,1-2,4H3;1-3H2;1H2. The summed E-state index contributed by atoms with van der Waals surface area (Å²) in [4.78, 5) is 0. The maximum Gasteiger partial charge on any atom is 0.0142 e. The zero-order chi connectivity index (χ0) is 18.0. The van der Waals surface area contributed by atoms with Crippen molar-refractivity contribution in [2.45, 2.75) is 80.6 Å². The molecule has 0 N–H and O–H groups in total. The van der Waals surface area contributed by atoms with E-state index < -0.39 is 0 Å². The summed E-state index contributed by atoms with van der Waals surface area (Å²) in [5.41, 5.74) is 4.38. The van der Waals surface area contributed by atoms with Crippen LogP contribution in [0.25, 0.3) is 0 Å². The van der Waals surface area contributed by atoms with Gasteiger partial charge in [0, 0.05) is 5.75 Å². The molecule has 0 aromatic rings. The van der Waals surface area contributed by atoms with Gasteiger partial charge in [0.2, 0.25) is 0 Å². The van der Waals surface area contributed by atoms with Gasteiger partial charge in [0.1, 0.15) is 0 Å². The van der Waals surface area contributed by atoms with E-state index in [1.165, 1.54) is 53.9 Å². The Morgan fingerprint density at radius 1 is 1.05 bits per heavy atom. The van der Waals surface area contributed by atoms with Gasteiger partial charge in [-0.1, -0.05) is 82.5 Å². The first-order valence-corrected chi connectivity index (χ1v) is 10.3. The minimum absolute atomic E-state index is 0.722. The Kier molecular flexibility index (Phi) is 25.5. The second-order valence-electron chi connectivity index (χ2n) is 5.80. The number of allylic oxidation sites excluding steroid dienone is 2. The number of hydrogen-bond acceptors (Lipinski definition) is 2. The largest absolute Gasteiger partial charge is 0.158 e. The van der Waals surface area contributed by atoms with Gasteiger partial charge in [0.25, 0.3) is 0 Å². The lowest BCUT2D eigenvalue weighted by Crippen LogP contribution is -1.93. The van der Waals surface area contributed by atoms with Crippen molar-refractivity contribution < 1.29 is 0 Å². The molecule has 1 aliphatic carbocycles. The zero-order valence-electron chi connectivity index (χ0n) is 16.3. The summed E-state index contributed by atoms with van der Waals surface area (Å²) in [6.45, 7) is 19.3. The van der Waals surface area contributed by atoms with Crippen molar-refractivity contribution >= 4 is 29.9 Å². The average molecular weight is 345 g/mol. The third-order valence-electron chi connectivity index (χ3n) is 3.49. The molecule has 2 heteroatoms. The summed E-state index contributed by atoms with van der Waals surface area (Å²) in [7, 11) is 0. The molecule has 0 aromatic heterocycles. The van der Waals surface area contributed by atoms with Gasteiger partial charge in [-0.05, 0) is 51.2 Å². The van der Waals surface area contributed by atoms with E-state index in [0.29, 0.717) is 0 Å². The predicted octanol–water partition coefficient (Wildman–Crippen LogP) is 7.88. The molecule has 1 fully saturated rings. The van der Waals surface area contributed by atoms with Gasteiger partial charge < -0.3 is 0 Å². The van der Waals surface area contributed by atoms with Crippen molar-refractivity contribution in [3.05, 3.63) is 23.3 Å². The van der Waals surface area contributed by atoms with Crippen LogP contribution < -0.4 is 0 Å². The Morgan fingerprint density at radius 2 is 1.50 bits per heavy atom. The molecule has 22 heavy (non-hydrogen) atoms. The highest BCUT2D eigenvalue weighted by atomic mass is 32.2. The number of thioether (sulfide) groups is 1. The van der Waals surface area contributed by atoms with E-state index in [-0.39, 0.29) is 0 Å². The Hall–Kier alpha value is -0.0800. The fourth-order valence-electron chi connectivity index (χ4n) is 1.04. The van der Waals surface area contributed by atoms with Crippen LogP contribution in [0.1, 0.15) is 80.6 Å². The van der Waals surface area contributed by atoms with Crippen molar-refractivity contribution in [1.29, 1.82) is 0 Å². The van der Waals surface area contributed by atoms with Gasteiger partial charge in [-0.3, -0.25) is 0 Å². The van der Waals surface area contributed by atoms with Crippen molar-refractivity contribution in [3.63, 3.8) is 0 Å². The number of rotatable bonds is 6. The zero-order valence-corrected chi connectivity index (χ0v) is 17.9. The molecule has 0 saturated heterocycles. The molecule has 0 aliphatic heterocycles. The van der Waals surface area contributed by atoms with Gasteiger partial charge in [-0.15, -0.1) is 0 Å². The molecule has 0 heterocycles. The van der Waals surface area contributed by atoms with Gasteiger partial charge in [-0.2, -0.15) is 11.8 Å². The Morgan fingerprint density at radius 3 is 1.68 bits per heavy atom. The monoisotopic (exact) mass is 344 g/mol. The molecule has 0 amide bonds. The second-order valence-corrected chi connectivity index (χ2v) is 7.07. The molecule has 1 aliphatic rings. The van der Waals surface area contributed by atoms with Crippen LogP contribution in [0.15, 0.2) is 23.3 Å². The first kappa shape index (κ1) is 26.8. The molecule has 1 saturated carbocycles. The fraction of sp³-hybridized carbons (Fsp3) is 0.750. The summed E-state index contributed by atoms with van der Waals surface area (Å²) in [6, 6.07) is 0. The van der Waals surface area contributed by atoms with E-state index in [4.69, 9.17) is 0 Å². The molecule has 1 rings (SSSR count). The van der Waals surface area contributed by atoms with Crippen molar-refractivity contribution in [3.8, 4) is 0 Å². The van der Waals surface area contributed by atoms with Gasteiger partial charge in [0.15, 0.2) is 0 Å². The molecular formula is C20H40S2. The summed E-state index contributed by atoms with van der Waals surface area (Å²) >= 11 is 5.82. The molecule has 0 radical (unpaired) electrons. The molecule has 132 valence electrons. The number of thiocarbonyl (C=S) groups is 1. The fourth-order valence-corrected chi connectivity index (χ4v) is 1.84. The van der Waals surface area contributed by atoms with Crippen LogP contribution >= 0.6 is 24.0 Å². The van der Waals surface area contributed by atoms with Gasteiger partial charge in [0.05, 0.1) is 0 Å². The van der Waals surface area contributed by atoms with E-state index >= 15 is 0 Å². The van der Waals surface area contributed by atoms with E-state index in [9.17, 15) is 0 Å². The highest BCUT2D eigenvalue weighted by molar-refractivity contribution is 7.99. The van der Waals surface area contributed by atoms with Crippen LogP contribution in [-0.2, 0) is 0 Å². The normalized spacial score (nSPS) is 12.1. The van der Waals surface area contributed by atoms with E-state index in [2.05, 4.69) is 73.1 Å². The van der Waals surface area contributed by atoms with Crippen LogP contribution in [0.3, 0.4) is 0 Å². The van der Waals surface area contributed by atoms with Crippen LogP contribution in [0.5, 0.6) is 0 Å². The Labute approximate surface area is 151 Å². The molecule has 1 unspecified atom stereocenters. The van der Waals surface area contributed by atoms with Gasteiger partial charge >= 0.3 is 0 Å². The van der Waals surface area contributed by atoms with Crippen LogP contribution in [0, 0.1) is 5.92 Å². The van der Waals surface area contributed by atoms with E-state index in [0.717, 1.165) is 12.3 Å². The van der Waals surface area contributed by atoms with Crippen LogP contribution in [0.2, 0.25) is 0 Å². The predicted molar refractivity (Wildman–Crippen MR) is 114 cm³/mol. The third kappa shape index (κ3) is 24.9. The topological polar surface area (TPSA) is 0 Å². The minimum atomic E-state index is 0.722. The molecule has 0 nitrogen and oxygen atoms in total. The van der Waals surface area contributed by atoms with E-state index in [1.54, 1.807) is 0 Å². The second kappa shape index (κ2) is 20.9. The van der Waals surface area contributed by atoms with Crippen molar-refractivity contribution in [1.82, 2.24) is 0 Å². The average Bonchev–Trinajstić information content (AvgIpc) is 3.42. The summed E-state index contributed by atoms with van der Waals surface area (Å²) in [6.07, 6.45) is 6.86.